The molecule has 0 heterocycles. The summed E-state index contributed by atoms with van der Waals surface area (Å²) < 4.78 is 4.98. The maximum atomic E-state index is 11.9. The molecule has 2 atom stereocenters. The van der Waals surface area contributed by atoms with Crippen LogP contribution in [0.3, 0.4) is 0 Å². The van der Waals surface area contributed by atoms with Crippen molar-refractivity contribution in [3.8, 4) is 23.0 Å². The van der Waals surface area contributed by atoms with Gasteiger partial charge in [-0.1, -0.05) is 12.1 Å². The first-order valence-electron chi connectivity index (χ1n) is 7.53. The Kier molecular flexibility index (Phi) is 6.05. The van der Waals surface area contributed by atoms with Crippen LogP contribution in [0.5, 0.6) is 23.0 Å². The van der Waals surface area contributed by atoms with Gasteiger partial charge in [0, 0.05) is 6.08 Å². The first-order valence-corrected chi connectivity index (χ1v) is 7.53. The minimum atomic E-state index is -1.43. The summed E-state index contributed by atoms with van der Waals surface area (Å²) in [4.78, 5) is 11.9. The van der Waals surface area contributed by atoms with Gasteiger partial charge in [-0.2, -0.15) is 0 Å². The molecule has 0 aliphatic rings. The topological polar surface area (TPSA) is 148 Å². The maximum Gasteiger partial charge on any atom is 0.331 e. The van der Waals surface area contributed by atoms with Gasteiger partial charge in [0.1, 0.15) is 6.10 Å². The van der Waals surface area contributed by atoms with Gasteiger partial charge in [0.05, 0.1) is 6.61 Å². The van der Waals surface area contributed by atoms with Gasteiger partial charge in [0.15, 0.2) is 29.1 Å². The molecule has 0 aliphatic heterocycles. The van der Waals surface area contributed by atoms with E-state index in [9.17, 15) is 35.4 Å². The number of carbonyl (C=O) groups is 1. The van der Waals surface area contributed by atoms with Crippen molar-refractivity contribution < 1.29 is 40.2 Å². The van der Waals surface area contributed by atoms with Crippen molar-refractivity contribution in [3.05, 3.63) is 53.6 Å². The molecule has 0 amide bonds. The lowest BCUT2D eigenvalue weighted by Gasteiger charge is -2.21. The first kappa shape index (κ1) is 19.1. The fourth-order valence-electron chi connectivity index (χ4n) is 2.14. The molecule has 2 rings (SSSR count). The smallest absolute Gasteiger partial charge is 0.331 e. The van der Waals surface area contributed by atoms with E-state index >= 15 is 0 Å². The summed E-state index contributed by atoms with van der Waals surface area (Å²) in [6, 6.07) is 7.49. The van der Waals surface area contributed by atoms with E-state index in [1.54, 1.807) is 0 Å². The predicted octanol–water partition coefficient (Wildman–Crippen LogP) is 1.16. The van der Waals surface area contributed by atoms with E-state index in [0.717, 1.165) is 18.2 Å². The molecule has 0 aromatic heterocycles. The Labute approximate surface area is 148 Å². The number of phenolic OH excluding ortho intramolecular Hbond substituents is 4. The number of hydrogen-bond acceptors (Lipinski definition) is 8. The van der Waals surface area contributed by atoms with Crippen LogP contribution in [-0.4, -0.2) is 49.3 Å². The second-order valence-electron chi connectivity index (χ2n) is 5.43. The van der Waals surface area contributed by atoms with Crippen LogP contribution in [0.2, 0.25) is 0 Å². The summed E-state index contributed by atoms with van der Waals surface area (Å²) in [6.07, 6.45) is -0.393. The van der Waals surface area contributed by atoms with Crippen LogP contribution in [0.25, 0.3) is 6.08 Å². The van der Waals surface area contributed by atoms with Gasteiger partial charge in [0.25, 0.3) is 0 Å². The van der Waals surface area contributed by atoms with E-state index in [1.165, 1.54) is 30.3 Å². The fourth-order valence-corrected chi connectivity index (χ4v) is 2.14. The monoisotopic (exact) mass is 362 g/mol. The van der Waals surface area contributed by atoms with E-state index in [-0.39, 0.29) is 22.8 Å². The second kappa shape index (κ2) is 8.24. The molecule has 8 nitrogen and oxygen atoms in total. The van der Waals surface area contributed by atoms with Crippen LogP contribution in [0.15, 0.2) is 42.5 Å². The first-order chi connectivity index (χ1) is 12.3. The van der Waals surface area contributed by atoms with Crippen LogP contribution in [0.1, 0.15) is 17.2 Å². The predicted molar refractivity (Wildman–Crippen MR) is 90.5 cm³/mol. The van der Waals surface area contributed by atoms with Gasteiger partial charge in [-0.25, -0.2) is 4.79 Å². The molecule has 8 heteroatoms. The number of carbonyl (C=O) groups excluding carboxylic acids is 1. The number of aliphatic hydroxyl groups excluding tert-OH is 2. The van der Waals surface area contributed by atoms with Crippen molar-refractivity contribution in [1.82, 2.24) is 0 Å². The van der Waals surface area contributed by atoms with Gasteiger partial charge in [-0.05, 0) is 41.5 Å². The zero-order valence-electron chi connectivity index (χ0n) is 13.5. The average molecular weight is 362 g/mol. The number of phenols is 4. The minimum absolute atomic E-state index is 0.139. The summed E-state index contributed by atoms with van der Waals surface area (Å²) >= 11 is 0. The average Bonchev–Trinajstić information content (AvgIpc) is 2.62. The Morgan fingerprint density at radius 1 is 0.962 bits per heavy atom. The highest BCUT2D eigenvalue weighted by Gasteiger charge is 2.24. The molecule has 0 bridgehead atoms. The molecule has 2 aromatic carbocycles. The lowest BCUT2D eigenvalue weighted by atomic mass is 10.0. The highest BCUT2D eigenvalue weighted by Crippen LogP contribution is 2.30. The van der Waals surface area contributed by atoms with Crippen LogP contribution >= 0.6 is 0 Å². The van der Waals surface area contributed by atoms with Crippen LogP contribution in [0.4, 0.5) is 0 Å². The summed E-state index contributed by atoms with van der Waals surface area (Å²) in [5, 5.41) is 56.9. The number of aliphatic hydroxyl groups is 2. The van der Waals surface area contributed by atoms with Crippen LogP contribution in [-0.2, 0) is 9.53 Å². The van der Waals surface area contributed by atoms with E-state index in [2.05, 4.69) is 0 Å². The Morgan fingerprint density at radius 3 is 2.15 bits per heavy atom. The summed E-state index contributed by atoms with van der Waals surface area (Å²) in [6.45, 7) is -0.678. The van der Waals surface area contributed by atoms with Gasteiger partial charge in [-0.15, -0.1) is 0 Å². The molecule has 6 N–H and O–H groups in total. The number of ether oxygens (including phenoxy) is 1. The molecule has 138 valence electrons. The highest BCUT2D eigenvalue weighted by atomic mass is 16.6. The standard InChI is InChI=1S/C18H18O8/c19-9-16(18(25)11-3-5-13(21)15(23)8-11)26-17(24)6-2-10-1-4-12(20)14(22)7-10/h1-8,16,18-23,25H,9H2/b6-2+/t16-,18+/m0/s1. The second-order valence-corrected chi connectivity index (χ2v) is 5.43. The molecule has 0 fully saturated rings. The van der Waals surface area contributed by atoms with Gasteiger partial charge >= 0.3 is 5.97 Å². The van der Waals surface area contributed by atoms with Gasteiger partial charge in [0.2, 0.25) is 0 Å². The lowest BCUT2D eigenvalue weighted by Crippen LogP contribution is -2.28. The molecule has 0 radical (unpaired) electrons. The summed E-state index contributed by atoms with van der Waals surface area (Å²) in [5.41, 5.74) is 0.557. The van der Waals surface area contributed by atoms with Crippen molar-refractivity contribution in [3.63, 3.8) is 0 Å². The fraction of sp³-hybridized carbons (Fsp3) is 0.167. The molecule has 0 aliphatic carbocycles. The molecule has 26 heavy (non-hydrogen) atoms. The number of benzene rings is 2. The number of esters is 1. The van der Waals surface area contributed by atoms with Gasteiger partial charge in [-0.3, -0.25) is 0 Å². The largest absolute Gasteiger partial charge is 0.504 e. The molecule has 0 spiro atoms. The Balaban J connectivity index is 2.05. The van der Waals surface area contributed by atoms with E-state index < -0.39 is 30.5 Å². The van der Waals surface area contributed by atoms with Crippen LogP contribution < -0.4 is 0 Å². The van der Waals surface area contributed by atoms with Crippen molar-refractivity contribution in [2.24, 2.45) is 0 Å². The van der Waals surface area contributed by atoms with Crippen molar-refractivity contribution >= 4 is 12.0 Å². The van der Waals surface area contributed by atoms with Crippen molar-refractivity contribution in [2.75, 3.05) is 6.61 Å². The van der Waals surface area contributed by atoms with Crippen LogP contribution in [0, 0.1) is 0 Å². The third kappa shape index (κ3) is 4.65. The SMILES string of the molecule is O=C(/C=C/c1ccc(O)c(O)c1)O[C@@H](CO)[C@H](O)c1ccc(O)c(O)c1. The Hall–Kier alpha value is -3.23. The Morgan fingerprint density at radius 2 is 1.58 bits per heavy atom. The molecule has 0 unspecified atom stereocenters. The summed E-state index contributed by atoms with van der Waals surface area (Å²) in [5.74, 6) is -2.35. The number of rotatable bonds is 6. The molecule has 2 aromatic rings. The molecule has 0 saturated carbocycles. The zero-order chi connectivity index (χ0) is 19.3. The normalized spacial score (nSPS) is 13.5. The Bertz CT molecular complexity index is 815. The van der Waals surface area contributed by atoms with E-state index in [4.69, 9.17) is 4.74 Å². The zero-order valence-corrected chi connectivity index (χ0v) is 13.5. The lowest BCUT2D eigenvalue weighted by molar-refractivity contribution is -0.152. The highest BCUT2D eigenvalue weighted by molar-refractivity contribution is 5.87. The summed E-state index contributed by atoms with van der Waals surface area (Å²) in [7, 11) is 0. The number of hydrogen-bond donors (Lipinski definition) is 6. The number of aromatic hydroxyl groups is 4. The van der Waals surface area contributed by atoms with Crippen molar-refractivity contribution in [2.45, 2.75) is 12.2 Å². The quantitative estimate of drug-likeness (QED) is 0.255. The van der Waals surface area contributed by atoms with E-state index in [1.807, 2.05) is 0 Å². The molecule has 0 saturated heterocycles. The third-order valence-electron chi connectivity index (χ3n) is 3.55. The molecular formula is C18H18O8. The molecular weight excluding hydrogens is 344 g/mol. The van der Waals surface area contributed by atoms with E-state index in [0.29, 0.717) is 5.56 Å². The minimum Gasteiger partial charge on any atom is -0.504 e. The maximum absolute atomic E-state index is 11.9. The van der Waals surface area contributed by atoms with Crippen molar-refractivity contribution in [1.29, 1.82) is 0 Å². The van der Waals surface area contributed by atoms with Gasteiger partial charge < -0.3 is 35.4 Å². The third-order valence-corrected chi connectivity index (χ3v) is 3.55.